The number of ketones is 1. The van der Waals surface area contributed by atoms with Crippen molar-refractivity contribution < 1.29 is 9.18 Å². The van der Waals surface area contributed by atoms with Crippen molar-refractivity contribution in [3.05, 3.63) is 45.0 Å². The van der Waals surface area contributed by atoms with Crippen LogP contribution in [0.15, 0.2) is 17.1 Å². The van der Waals surface area contributed by atoms with E-state index in [1.54, 1.807) is 13.1 Å². The van der Waals surface area contributed by atoms with Crippen molar-refractivity contribution in [2.45, 2.75) is 52.5 Å². The number of rotatable bonds is 4. The molecule has 0 unspecified atom stereocenters. The summed E-state index contributed by atoms with van der Waals surface area (Å²) < 4.78 is 16.3. The van der Waals surface area contributed by atoms with Gasteiger partial charge in [-0.3, -0.25) is 9.59 Å². The molecule has 0 radical (unpaired) electrons. The first-order chi connectivity index (χ1) is 10.5. The van der Waals surface area contributed by atoms with Gasteiger partial charge in [-0.15, -0.1) is 0 Å². The average molecular weight is 301 g/mol. The van der Waals surface area contributed by atoms with Gasteiger partial charge in [0.05, 0.1) is 11.1 Å². The minimum absolute atomic E-state index is 0.182. The second-order valence-corrected chi connectivity index (χ2v) is 6.00. The summed E-state index contributed by atoms with van der Waals surface area (Å²) in [6, 6.07) is 1.63. The van der Waals surface area contributed by atoms with Crippen LogP contribution in [0.3, 0.4) is 0 Å². The van der Waals surface area contributed by atoms with E-state index in [-0.39, 0.29) is 29.0 Å². The van der Waals surface area contributed by atoms with E-state index in [1.165, 1.54) is 6.07 Å². The molecule has 0 atom stereocenters. The number of aryl methyl sites for hydroxylation is 1. The first-order valence-corrected chi connectivity index (χ1v) is 7.89. The van der Waals surface area contributed by atoms with Crippen molar-refractivity contribution in [2.24, 2.45) is 0 Å². The number of carbonyl (C=O) groups is 1. The van der Waals surface area contributed by atoms with Crippen molar-refractivity contribution in [1.82, 2.24) is 4.57 Å². The standard InChI is InChI=1S/C18H20FNO2/c1-4-12-10(3)17-13(8-15(12)19)18(22)14(16(21)5-2)9-20(17)11-6-7-11/h8-9,11H,4-7H2,1-3H3. The predicted octanol–water partition coefficient (Wildman–Crippen LogP) is 3.94. The minimum atomic E-state index is -0.354. The lowest BCUT2D eigenvalue weighted by Gasteiger charge is -2.17. The molecule has 3 nitrogen and oxygen atoms in total. The molecule has 1 aromatic heterocycles. The molecule has 1 saturated carbocycles. The first-order valence-electron chi connectivity index (χ1n) is 7.89. The van der Waals surface area contributed by atoms with Gasteiger partial charge >= 0.3 is 0 Å². The summed E-state index contributed by atoms with van der Waals surface area (Å²) in [5.74, 6) is -0.535. The highest BCUT2D eigenvalue weighted by Crippen LogP contribution is 2.38. The molecule has 3 rings (SSSR count). The Kier molecular flexibility index (Phi) is 3.63. The molecule has 22 heavy (non-hydrogen) atoms. The lowest BCUT2D eigenvalue weighted by atomic mass is 9.98. The van der Waals surface area contributed by atoms with Crippen molar-refractivity contribution in [3.8, 4) is 0 Å². The van der Waals surface area contributed by atoms with Crippen LogP contribution in [-0.2, 0) is 6.42 Å². The van der Waals surface area contributed by atoms with Gasteiger partial charge in [-0.05, 0) is 43.4 Å². The Morgan fingerprint density at radius 2 is 2.05 bits per heavy atom. The van der Waals surface area contributed by atoms with Crippen LogP contribution in [0.4, 0.5) is 4.39 Å². The number of hydrogen-bond donors (Lipinski definition) is 0. The molecule has 0 amide bonds. The van der Waals surface area contributed by atoms with Gasteiger partial charge < -0.3 is 4.57 Å². The molecule has 0 bridgehead atoms. The topological polar surface area (TPSA) is 39.1 Å². The lowest BCUT2D eigenvalue weighted by Crippen LogP contribution is -2.20. The highest BCUT2D eigenvalue weighted by atomic mass is 19.1. The molecular formula is C18H20FNO2. The number of aromatic nitrogens is 1. The predicted molar refractivity (Wildman–Crippen MR) is 85.2 cm³/mol. The molecule has 0 N–H and O–H groups in total. The molecule has 1 aliphatic carbocycles. The van der Waals surface area contributed by atoms with Gasteiger partial charge in [0.25, 0.3) is 0 Å². The largest absolute Gasteiger partial charge is 0.343 e. The van der Waals surface area contributed by atoms with Gasteiger partial charge in [-0.2, -0.15) is 0 Å². The zero-order valence-electron chi connectivity index (χ0n) is 13.2. The fourth-order valence-corrected chi connectivity index (χ4v) is 3.18. The Balaban J connectivity index is 2.45. The van der Waals surface area contributed by atoms with Gasteiger partial charge in [0.1, 0.15) is 5.82 Å². The van der Waals surface area contributed by atoms with E-state index < -0.39 is 0 Å². The van der Waals surface area contributed by atoms with E-state index in [1.807, 2.05) is 18.4 Å². The summed E-state index contributed by atoms with van der Waals surface area (Å²) in [5.41, 5.74) is 2.10. The first kappa shape index (κ1) is 14.9. The van der Waals surface area contributed by atoms with Crippen LogP contribution in [0.5, 0.6) is 0 Å². The zero-order chi connectivity index (χ0) is 16.0. The van der Waals surface area contributed by atoms with Gasteiger partial charge in [0.15, 0.2) is 11.2 Å². The van der Waals surface area contributed by atoms with Gasteiger partial charge in [0, 0.05) is 24.0 Å². The van der Waals surface area contributed by atoms with Crippen LogP contribution in [0.1, 0.15) is 60.6 Å². The molecule has 1 heterocycles. The summed E-state index contributed by atoms with van der Waals surface area (Å²) in [6.45, 7) is 5.51. The quantitative estimate of drug-likeness (QED) is 0.802. The van der Waals surface area contributed by atoms with Crippen LogP contribution in [-0.4, -0.2) is 10.4 Å². The Morgan fingerprint density at radius 1 is 1.36 bits per heavy atom. The smallest absolute Gasteiger partial charge is 0.200 e. The fraction of sp³-hybridized carbons (Fsp3) is 0.444. The maximum Gasteiger partial charge on any atom is 0.200 e. The number of Topliss-reactive ketones (excluding diaryl/α,β-unsaturated/α-hetero) is 1. The molecule has 0 spiro atoms. The second kappa shape index (κ2) is 5.34. The summed E-state index contributed by atoms with van der Waals surface area (Å²) >= 11 is 0. The summed E-state index contributed by atoms with van der Waals surface area (Å²) in [4.78, 5) is 24.7. The van der Waals surface area contributed by atoms with Crippen LogP contribution >= 0.6 is 0 Å². The van der Waals surface area contributed by atoms with E-state index in [0.29, 0.717) is 23.4 Å². The molecule has 1 aromatic carbocycles. The highest BCUT2D eigenvalue weighted by Gasteiger charge is 2.28. The number of benzene rings is 1. The molecular weight excluding hydrogens is 281 g/mol. The maximum atomic E-state index is 14.3. The number of nitrogens with zero attached hydrogens (tertiary/aromatic N) is 1. The van der Waals surface area contributed by atoms with Crippen LogP contribution in [0.2, 0.25) is 0 Å². The number of halogens is 1. The van der Waals surface area contributed by atoms with Gasteiger partial charge in [0.2, 0.25) is 0 Å². The van der Waals surface area contributed by atoms with Crippen molar-refractivity contribution in [1.29, 1.82) is 0 Å². The molecule has 0 aliphatic heterocycles. The van der Waals surface area contributed by atoms with E-state index >= 15 is 0 Å². The number of pyridine rings is 1. The Morgan fingerprint density at radius 3 is 2.59 bits per heavy atom. The van der Waals surface area contributed by atoms with Crippen LogP contribution in [0, 0.1) is 12.7 Å². The Hall–Kier alpha value is -1.97. The van der Waals surface area contributed by atoms with Crippen molar-refractivity contribution >= 4 is 16.7 Å². The SMILES string of the molecule is CCC(=O)c1cn(C2CC2)c2c(C)c(CC)c(F)cc2c1=O. The highest BCUT2D eigenvalue weighted by molar-refractivity contribution is 5.99. The number of fused-ring (bicyclic) bond motifs is 1. The second-order valence-electron chi connectivity index (χ2n) is 6.00. The van der Waals surface area contributed by atoms with Crippen LogP contribution in [0.25, 0.3) is 10.9 Å². The Bertz CT molecular complexity index is 831. The molecule has 2 aromatic rings. The summed E-state index contributed by atoms with van der Waals surface area (Å²) in [5, 5.41) is 0.332. The molecule has 0 saturated heterocycles. The molecule has 116 valence electrons. The lowest BCUT2D eigenvalue weighted by molar-refractivity contribution is 0.0986. The average Bonchev–Trinajstić information content (AvgIpc) is 3.32. The molecule has 1 aliphatic rings. The molecule has 4 heteroatoms. The summed E-state index contributed by atoms with van der Waals surface area (Å²) in [7, 11) is 0. The van der Waals surface area contributed by atoms with Gasteiger partial charge in [-0.25, -0.2) is 4.39 Å². The van der Waals surface area contributed by atoms with E-state index in [2.05, 4.69) is 0 Å². The summed E-state index contributed by atoms with van der Waals surface area (Å²) in [6.07, 6.45) is 4.63. The normalized spacial score (nSPS) is 14.5. The zero-order valence-corrected chi connectivity index (χ0v) is 13.2. The monoisotopic (exact) mass is 301 g/mol. The van der Waals surface area contributed by atoms with E-state index in [0.717, 1.165) is 23.9 Å². The van der Waals surface area contributed by atoms with Gasteiger partial charge in [-0.1, -0.05) is 13.8 Å². The van der Waals surface area contributed by atoms with Crippen molar-refractivity contribution in [2.75, 3.05) is 0 Å². The van der Waals surface area contributed by atoms with Crippen LogP contribution < -0.4 is 5.43 Å². The third-order valence-electron chi connectivity index (χ3n) is 4.55. The molecule has 1 fully saturated rings. The van der Waals surface area contributed by atoms with Crippen molar-refractivity contribution in [3.63, 3.8) is 0 Å². The van der Waals surface area contributed by atoms with E-state index in [9.17, 15) is 14.0 Å². The number of hydrogen-bond acceptors (Lipinski definition) is 2. The maximum absolute atomic E-state index is 14.3. The van der Waals surface area contributed by atoms with E-state index in [4.69, 9.17) is 0 Å². The third-order valence-corrected chi connectivity index (χ3v) is 4.55. The Labute approximate surface area is 128 Å². The minimum Gasteiger partial charge on any atom is -0.343 e. The third kappa shape index (κ3) is 2.18. The number of carbonyl (C=O) groups excluding carboxylic acids is 1. The fourth-order valence-electron chi connectivity index (χ4n) is 3.18.